The first-order valence-corrected chi connectivity index (χ1v) is 7.72. The minimum Gasteiger partial charge on any atom is -0.481 e. The molecular formula is C15H12F3NO3S. The summed E-state index contributed by atoms with van der Waals surface area (Å²) in [5, 5.41) is 11.3. The highest BCUT2D eigenvalue weighted by molar-refractivity contribution is 7.17. The third-order valence-corrected chi connectivity index (χ3v) is 5.02. The Labute approximate surface area is 133 Å². The predicted molar refractivity (Wildman–Crippen MR) is 78.4 cm³/mol. The van der Waals surface area contributed by atoms with E-state index in [9.17, 15) is 22.8 Å². The van der Waals surface area contributed by atoms with Crippen molar-refractivity contribution in [3.8, 4) is 0 Å². The Balaban J connectivity index is 1.90. The molecule has 0 aliphatic carbocycles. The van der Waals surface area contributed by atoms with E-state index in [-0.39, 0.29) is 0 Å². The van der Waals surface area contributed by atoms with Crippen molar-refractivity contribution in [2.45, 2.75) is 6.18 Å². The van der Waals surface area contributed by atoms with Crippen LogP contribution in [0.25, 0.3) is 10.1 Å². The van der Waals surface area contributed by atoms with Crippen molar-refractivity contribution in [3.63, 3.8) is 0 Å². The molecule has 0 bridgehead atoms. The second-order valence-corrected chi connectivity index (χ2v) is 6.36. The van der Waals surface area contributed by atoms with E-state index in [1.54, 1.807) is 17.5 Å². The molecule has 1 N–H and O–H groups in total. The Kier molecular flexibility index (Phi) is 3.79. The van der Waals surface area contributed by atoms with E-state index in [0.717, 1.165) is 9.60 Å². The van der Waals surface area contributed by atoms with Crippen LogP contribution in [0.3, 0.4) is 0 Å². The number of likely N-dealkylation sites (tertiary alicyclic amines) is 1. The number of amides is 1. The molecule has 1 amide bonds. The summed E-state index contributed by atoms with van der Waals surface area (Å²) in [6.07, 6.45) is -4.64. The van der Waals surface area contributed by atoms with Gasteiger partial charge in [-0.25, -0.2) is 0 Å². The van der Waals surface area contributed by atoms with Gasteiger partial charge in [0.25, 0.3) is 5.91 Å². The van der Waals surface area contributed by atoms with Gasteiger partial charge in [0, 0.05) is 28.6 Å². The third kappa shape index (κ3) is 2.78. The molecule has 1 saturated heterocycles. The molecule has 1 aliphatic heterocycles. The summed E-state index contributed by atoms with van der Waals surface area (Å²) in [6, 6.07) is 7.10. The van der Waals surface area contributed by atoms with Crippen LogP contribution < -0.4 is 0 Å². The van der Waals surface area contributed by atoms with Crippen molar-refractivity contribution in [2.24, 2.45) is 11.8 Å². The number of hydrogen-bond acceptors (Lipinski definition) is 3. The number of halogens is 3. The zero-order valence-corrected chi connectivity index (χ0v) is 12.5. The molecule has 2 atom stereocenters. The quantitative estimate of drug-likeness (QED) is 0.911. The molecule has 2 heterocycles. The average molecular weight is 343 g/mol. The van der Waals surface area contributed by atoms with Gasteiger partial charge in [0.15, 0.2) is 0 Å². The predicted octanol–water partition coefficient (Wildman–Crippen LogP) is 3.24. The molecule has 8 heteroatoms. The Hall–Kier alpha value is -2.09. The van der Waals surface area contributed by atoms with Gasteiger partial charge < -0.3 is 10.0 Å². The van der Waals surface area contributed by atoms with Crippen LogP contribution in [-0.2, 0) is 4.79 Å². The van der Waals surface area contributed by atoms with Crippen molar-refractivity contribution in [3.05, 3.63) is 35.2 Å². The molecular weight excluding hydrogens is 331 g/mol. The molecule has 0 unspecified atom stereocenters. The molecule has 0 spiro atoms. The first kappa shape index (κ1) is 15.8. The lowest BCUT2D eigenvalue weighted by Crippen LogP contribution is -2.34. The summed E-state index contributed by atoms with van der Waals surface area (Å²) in [4.78, 5) is 24.6. The number of carbonyl (C=O) groups is 2. The summed E-state index contributed by atoms with van der Waals surface area (Å²) in [6.45, 7) is -1.05. The number of alkyl halides is 3. The lowest BCUT2D eigenvalue weighted by atomic mass is 9.96. The summed E-state index contributed by atoms with van der Waals surface area (Å²) in [5.41, 5.74) is 0.317. The first-order valence-electron chi connectivity index (χ1n) is 6.84. The molecule has 23 heavy (non-hydrogen) atoms. The van der Waals surface area contributed by atoms with Crippen LogP contribution in [0.4, 0.5) is 13.2 Å². The van der Waals surface area contributed by atoms with E-state index in [1.165, 1.54) is 11.3 Å². The SMILES string of the molecule is O=C(O)[C@@H]1CN(C(=O)c2csc3ccccc23)C[C@H]1C(F)(F)F. The zero-order chi connectivity index (χ0) is 16.8. The maximum atomic E-state index is 13.0. The minimum absolute atomic E-state index is 0.317. The second-order valence-electron chi connectivity index (χ2n) is 5.45. The largest absolute Gasteiger partial charge is 0.481 e. The average Bonchev–Trinajstić information content (AvgIpc) is 3.10. The molecule has 0 saturated carbocycles. The minimum atomic E-state index is -4.64. The third-order valence-electron chi connectivity index (χ3n) is 4.06. The fourth-order valence-corrected chi connectivity index (χ4v) is 3.80. The fourth-order valence-electron chi connectivity index (χ4n) is 2.87. The van der Waals surface area contributed by atoms with Crippen molar-refractivity contribution in [1.29, 1.82) is 0 Å². The Morgan fingerprint density at radius 2 is 1.91 bits per heavy atom. The highest BCUT2D eigenvalue weighted by Gasteiger charge is 2.53. The van der Waals surface area contributed by atoms with E-state index in [2.05, 4.69) is 0 Å². The zero-order valence-electron chi connectivity index (χ0n) is 11.7. The van der Waals surface area contributed by atoms with E-state index in [0.29, 0.717) is 10.9 Å². The second kappa shape index (κ2) is 5.52. The number of fused-ring (bicyclic) bond motifs is 1. The fraction of sp³-hybridized carbons (Fsp3) is 0.333. The summed E-state index contributed by atoms with van der Waals surface area (Å²) in [7, 11) is 0. The van der Waals surface area contributed by atoms with Gasteiger partial charge in [0.2, 0.25) is 0 Å². The monoisotopic (exact) mass is 343 g/mol. The number of thiophene rings is 1. The molecule has 2 aromatic rings. The van der Waals surface area contributed by atoms with Gasteiger partial charge in [0.1, 0.15) is 0 Å². The molecule has 0 radical (unpaired) electrons. The molecule has 122 valence electrons. The Bertz CT molecular complexity index is 771. The lowest BCUT2D eigenvalue weighted by Gasteiger charge is -2.18. The summed E-state index contributed by atoms with van der Waals surface area (Å²) in [5.74, 6) is -5.74. The number of carboxylic acid groups (broad SMARTS) is 1. The van der Waals surface area contributed by atoms with Crippen LogP contribution in [0, 0.1) is 11.8 Å². The maximum absolute atomic E-state index is 13.0. The van der Waals surface area contributed by atoms with E-state index >= 15 is 0 Å². The van der Waals surface area contributed by atoms with Crippen LogP contribution in [-0.4, -0.2) is 41.1 Å². The smallest absolute Gasteiger partial charge is 0.394 e. The molecule has 1 aliphatic rings. The number of rotatable bonds is 2. The number of nitrogens with zero attached hydrogens (tertiary/aromatic N) is 1. The number of carboxylic acids is 1. The summed E-state index contributed by atoms with van der Waals surface area (Å²) < 4.78 is 39.9. The number of aliphatic carboxylic acids is 1. The van der Waals surface area contributed by atoms with Gasteiger partial charge in [-0.15, -0.1) is 11.3 Å². The van der Waals surface area contributed by atoms with E-state index in [4.69, 9.17) is 5.11 Å². The molecule has 1 aromatic carbocycles. The number of benzene rings is 1. The van der Waals surface area contributed by atoms with Crippen LogP contribution >= 0.6 is 11.3 Å². The van der Waals surface area contributed by atoms with E-state index < -0.39 is 43.0 Å². The van der Waals surface area contributed by atoms with Gasteiger partial charge in [-0.05, 0) is 6.07 Å². The van der Waals surface area contributed by atoms with Gasteiger partial charge in [-0.2, -0.15) is 13.2 Å². The van der Waals surface area contributed by atoms with Crippen molar-refractivity contribution < 1.29 is 27.9 Å². The standard InChI is InChI=1S/C15H12F3NO3S/c16-15(17,18)11-6-19(5-9(11)14(21)22)13(20)10-7-23-12-4-2-1-3-8(10)12/h1-4,7,9,11H,5-6H2,(H,21,22)/t9-,11-/m1/s1. The first-order chi connectivity index (χ1) is 10.8. The van der Waals surface area contributed by atoms with E-state index in [1.807, 2.05) is 12.1 Å². The molecule has 4 nitrogen and oxygen atoms in total. The highest BCUT2D eigenvalue weighted by Crippen LogP contribution is 2.39. The van der Waals surface area contributed by atoms with Gasteiger partial charge in [-0.3, -0.25) is 9.59 Å². The van der Waals surface area contributed by atoms with Crippen LogP contribution in [0.5, 0.6) is 0 Å². The van der Waals surface area contributed by atoms with Crippen molar-refractivity contribution in [1.82, 2.24) is 4.90 Å². The highest BCUT2D eigenvalue weighted by atomic mass is 32.1. The Morgan fingerprint density at radius 1 is 1.22 bits per heavy atom. The van der Waals surface area contributed by atoms with Crippen molar-refractivity contribution >= 4 is 33.3 Å². The Morgan fingerprint density at radius 3 is 2.52 bits per heavy atom. The normalized spacial score (nSPS) is 21.8. The van der Waals surface area contributed by atoms with Crippen LogP contribution in [0.15, 0.2) is 29.6 Å². The van der Waals surface area contributed by atoms with Crippen molar-refractivity contribution in [2.75, 3.05) is 13.1 Å². The topological polar surface area (TPSA) is 57.6 Å². The maximum Gasteiger partial charge on any atom is 0.394 e. The van der Waals surface area contributed by atoms with Gasteiger partial charge in [-0.1, -0.05) is 18.2 Å². The number of hydrogen-bond donors (Lipinski definition) is 1. The van der Waals surface area contributed by atoms with Crippen LogP contribution in [0.1, 0.15) is 10.4 Å². The number of carbonyl (C=O) groups excluding carboxylic acids is 1. The van der Waals surface area contributed by atoms with Gasteiger partial charge >= 0.3 is 12.1 Å². The molecule has 1 fully saturated rings. The molecule has 1 aromatic heterocycles. The lowest BCUT2D eigenvalue weighted by molar-refractivity contribution is -0.187. The van der Waals surface area contributed by atoms with Gasteiger partial charge in [0.05, 0.1) is 17.4 Å². The summed E-state index contributed by atoms with van der Waals surface area (Å²) >= 11 is 1.33. The van der Waals surface area contributed by atoms with Crippen LogP contribution in [0.2, 0.25) is 0 Å². The molecule has 3 rings (SSSR count).